The van der Waals surface area contributed by atoms with Crippen molar-refractivity contribution < 1.29 is 14.8 Å². The van der Waals surface area contributed by atoms with Crippen LogP contribution in [0.3, 0.4) is 0 Å². The van der Waals surface area contributed by atoms with Crippen molar-refractivity contribution in [2.45, 2.75) is 25.4 Å². The van der Waals surface area contributed by atoms with E-state index in [1.54, 1.807) is 23.8 Å². The summed E-state index contributed by atoms with van der Waals surface area (Å²) in [4.78, 5) is 15.4. The standard InChI is InChI=1S/C15H15IN2O4S/c1-14(4-5-14)15(19,13-7-17-9-23-13)8-22-10-2-3-11(16)12(6-10)18(20)21/h2-3,6-7,9,19H,4-5,8H2,1H3. The molecule has 1 aromatic heterocycles. The predicted molar refractivity (Wildman–Crippen MR) is 94.7 cm³/mol. The molecule has 0 spiro atoms. The minimum absolute atomic E-state index is 0.00191. The van der Waals surface area contributed by atoms with E-state index in [2.05, 4.69) is 4.98 Å². The van der Waals surface area contributed by atoms with Crippen molar-refractivity contribution in [2.24, 2.45) is 5.41 Å². The first-order valence-corrected chi connectivity index (χ1v) is 9.00. The van der Waals surface area contributed by atoms with Crippen LogP contribution in [0.2, 0.25) is 0 Å². The normalized spacial score (nSPS) is 18.2. The molecular weight excluding hydrogens is 431 g/mol. The molecule has 1 aliphatic rings. The monoisotopic (exact) mass is 446 g/mol. The molecule has 2 aromatic rings. The fourth-order valence-electron chi connectivity index (χ4n) is 2.47. The lowest BCUT2D eigenvalue weighted by Gasteiger charge is -2.33. The van der Waals surface area contributed by atoms with E-state index in [1.807, 2.05) is 29.5 Å². The summed E-state index contributed by atoms with van der Waals surface area (Å²) in [5.74, 6) is 0.379. The smallest absolute Gasteiger partial charge is 0.286 e. The number of nitrogens with zero attached hydrogens (tertiary/aromatic N) is 2. The zero-order valence-electron chi connectivity index (χ0n) is 12.4. The van der Waals surface area contributed by atoms with Gasteiger partial charge in [0.1, 0.15) is 18.0 Å². The third-order valence-electron chi connectivity index (χ3n) is 4.40. The quantitative estimate of drug-likeness (QED) is 0.415. The number of ether oxygens (including phenoxy) is 1. The number of aromatic nitrogens is 1. The van der Waals surface area contributed by atoms with Gasteiger partial charge in [-0.3, -0.25) is 15.1 Å². The van der Waals surface area contributed by atoms with E-state index < -0.39 is 10.5 Å². The summed E-state index contributed by atoms with van der Waals surface area (Å²) in [5, 5.41) is 22.2. The van der Waals surface area contributed by atoms with Gasteiger partial charge in [0.25, 0.3) is 5.69 Å². The number of rotatable bonds is 6. The fourth-order valence-corrected chi connectivity index (χ4v) is 3.86. The van der Waals surface area contributed by atoms with Crippen LogP contribution >= 0.6 is 33.9 Å². The highest BCUT2D eigenvalue weighted by Crippen LogP contribution is 2.58. The van der Waals surface area contributed by atoms with Crippen LogP contribution in [0.25, 0.3) is 0 Å². The molecule has 1 aromatic carbocycles. The first-order valence-electron chi connectivity index (χ1n) is 7.04. The number of nitro benzene ring substituents is 1. The molecule has 1 fully saturated rings. The Bertz CT molecular complexity index is 733. The average Bonchev–Trinajstić information content (AvgIpc) is 3.04. The Morgan fingerprint density at radius 2 is 2.30 bits per heavy atom. The highest BCUT2D eigenvalue weighted by molar-refractivity contribution is 14.1. The Balaban J connectivity index is 1.83. The number of hydrogen-bond donors (Lipinski definition) is 1. The van der Waals surface area contributed by atoms with Gasteiger partial charge >= 0.3 is 0 Å². The number of benzene rings is 1. The van der Waals surface area contributed by atoms with Crippen LogP contribution in [0, 0.1) is 19.1 Å². The number of hydrogen-bond acceptors (Lipinski definition) is 6. The Labute approximate surface area is 150 Å². The second kappa shape index (κ2) is 5.99. The second-order valence-corrected chi connectivity index (χ2v) is 7.99. The van der Waals surface area contributed by atoms with Crippen molar-refractivity contribution in [3.8, 4) is 5.75 Å². The molecule has 1 N–H and O–H groups in total. The van der Waals surface area contributed by atoms with Crippen LogP contribution in [-0.2, 0) is 5.60 Å². The molecule has 23 heavy (non-hydrogen) atoms. The minimum Gasteiger partial charge on any atom is -0.490 e. The molecule has 1 saturated carbocycles. The third kappa shape index (κ3) is 3.07. The molecule has 0 amide bonds. The summed E-state index contributed by atoms with van der Waals surface area (Å²) in [6.07, 6.45) is 3.49. The van der Waals surface area contributed by atoms with Crippen LogP contribution in [0.5, 0.6) is 5.75 Å². The second-order valence-electron chi connectivity index (χ2n) is 5.95. The van der Waals surface area contributed by atoms with E-state index in [4.69, 9.17) is 4.74 Å². The number of halogens is 1. The van der Waals surface area contributed by atoms with Gasteiger partial charge in [-0.25, -0.2) is 0 Å². The van der Waals surface area contributed by atoms with Crippen molar-refractivity contribution in [1.82, 2.24) is 4.98 Å². The van der Waals surface area contributed by atoms with Crippen molar-refractivity contribution in [3.05, 3.63) is 48.5 Å². The van der Waals surface area contributed by atoms with Crippen LogP contribution in [0.15, 0.2) is 29.9 Å². The van der Waals surface area contributed by atoms with E-state index in [1.165, 1.54) is 17.4 Å². The van der Waals surface area contributed by atoms with E-state index >= 15 is 0 Å². The highest BCUT2D eigenvalue weighted by Gasteiger charge is 2.57. The Kier molecular flexibility index (Phi) is 4.32. The molecule has 3 rings (SSSR count). The topological polar surface area (TPSA) is 85.5 Å². The summed E-state index contributed by atoms with van der Waals surface area (Å²) >= 11 is 3.31. The molecule has 0 saturated heterocycles. The molecule has 0 bridgehead atoms. The lowest BCUT2D eigenvalue weighted by molar-refractivity contribution is -0.385. The van der Waals surface area contributed by atoms with Crippen LogP contribution in [-0.4, -0.2) is 21.6 Å². The summed E-state index contributed by atoms with van der Waals surface area (Å²) < 4.78 is 6.28. The molecule has 6 nitrogen and oxygen atoms in total. The Hall–Kier alpha value is -1.26. The maximum absolute atomic E-state index is 11.2. The minimum atomic E-state index is -1.13. The van der Waals surface area contributed by atoms with Gasteiger partial charge in [0.05, 0.1) is 24.9 Å². The van der Waals surface area contributed by atoms with Crippen molar-refractivity contribution in [1.29, 1.82) is 0 Å². The number of aliphatic hydroxyl groups is 1. The van der Waals surface area contributed by atoms with E-state index in [0.717, 1.165) is 17.7 Å². The predicted octanol–water partition coefficient (Wildman–Crippen LogP) is 3.72. The van der Waals surface area contributed by atoms with Gasteiger partial charge < -0.3 is 9.84 Å². The number of thiazole rings is 1. The van der Waals surface area contributed by atoms with Gasteiger partial charge in [-0.1, -0.05) is 6.92 Å². The van der Waals surface area contributed by atoms with Gasteiger partial charge in [-0.05, 0) is 47.6 Å². The molecule has 8 heteroatoms. The first-order chi connectivity index (χ1) is 10.9. The molecule has 1 heterocycles. The van der Waals surface area contributed by atoms with Crippen LogP contribution in [0.4, 0.5) is 5.69 Å². The molecular formula is C15H15IN2O4S. The summed E-state index contributed by atoms with van der Waals surface area (Å²) in [5.41, 5.74) is 0.310. The molecule has 1 atom stereocenters. The van der Waals surface area contributed by atoms with Crippen LogP contribution < -0.4 is 4.74 Å². The Morgan fingerprint density at radius 3 is 2.87 bits per heavy atom. The van der Waals surface area contributed by atoms with E-state index in [9.17, 15) is 15.2 Å². The zero-order valence-corrected chi connectivity index (χ0v) is 15.3. The zero-order chi connectivity index (χ0) is 16.7. The fraction of sp³-hybridized carbons (Fsp3) is 0.400. The summed E-state index contributed by atoms with van der Waals surface area (Å²) in [6.45, 7) is 2.07. The first kappa shape index (κ1) is 16.6. The van der Waals surface area contributed by atoms with Gasteiger partial charge in [-0.15, -0.1) is 11.3 Å². The van der Waals surface area contributed by atoms with Gasteiger partial charge in [0.2, 0.25) is 0 Å². The molecule has 122 valence electrons. The molecule has 1 unspecified atom stereocenters. The van der Waals surface area contributed by atoms with Gasteiger partial charge in [-0.2, -0.15) is 0 Å². The molecule has 1 aliphatic carbocycles. The van der Waals surface area contributed by atoms with Crippen molar-refractivity contribution >= 4 is 39.6 Å². The highest BCUT2D eigenvalue weighted by atomic mass is 127. The molecule has 0 radical (unpaired) electrons. The van der Waals surface area contributed by atoms with Crippen molar-refractivity contribution in [3.63, 3.8) is 0 Å². The lowest BCUT2D eigenvalue weighted by atomic mass is 9.85. The maximum Gasteiger partial charge on any atom is 0.286 e. The average molecular weight is 446 g/mol. The third-order valence-corrected chi connectivity index (χ3v) is 6.24. The number of nitro groups is 1. The maximum atomic E-state index is 11.2. The Morgan fingerprint density at radius 1 is 1.57 bits per heavy atom. The van der Waals surface area contributed by atoms with Crippen LogP contribution in [0.1, 0.15) is 24.6 Å². The summed E-state index contributed by atoms with van der Waals surface area (Å²) in [6, 6.07) is 4.71. The largest absolute Gasteiger partial charge is 0.490 e. The van der Waals surface area contributed by atoms with Crippen molar-refractivity contribution in [2.75, 3.05) is 6.61 Å². The lowest BCUT2D eigenvalue weighted by Crippen LogP contribution is -2.40. The SMILES string of the molecule is CC1(C(O)(COc2ccc(I)c([N+](=O)[O-])c2)c2cncs2)CC1. The summed E-state index contributed by atoms with van der Waals surface area (Å²) in [7, 11) is 0. The van der Waals surface area contributed by atoms with E-state index in [0.29, 0.717) is 9.32 Å². The van der Waals surface area contributed by atoms with Gasteiger partial charge in [0, 0.05) is 11.6 Å². The van der Waals surface area contributed by atoms with Gasteiger partial charge in [0.15, 0.2) is 0 Å². The molecule has 0 aliphatic heterocycles. The van der Waals surface area contributed by atoms with E-state index in [-0.39, 0.29) is 17.7 Å².